The molecule has 0 saturated heterocycles. The molecule has 0 fully saturated rings. The van der Waals surface area contributed by atoms with E-state index in [0.717, 1.165) is 11.3 Å². The van der Waals surface area contributed by atoms with Crippen LogP contribution in [-0.2, 0) is 0 Å². The van der Waals surface area contributed by atoms with Crippen LogP contribution >= 0.6 is 0 Å². The van der Waals surface area contributed by atoms with Gasteiger partial charge in [0.25, 0.3) is 0 Å². The third-order valence-corrected chi connectivity index (χ3v) is 4.34. The van der Waals surface area contributed by atoms with Crippen molar-refractivity contribution in [2.45, 2.75) is 0 Å². The summed E-state index contributed by atoms with van der Waals surface area (Å²) in [6, 6.07) is 18.8. The molecule has 4 N–H and O–H groups in total. The summed E-state index contributed by atoms with van der Waals surface area (Å²) < 4.78 is 16.9. The number of nitrogen functional groups attached to an aromatic ring is 2. The van der Waals surface area contributed by atoms with Crippen LogP contribution in [0.15, 0.2) is 75.9 Å². The summed E-state index contributed by atoms with van der Waals surface area (Å²) in [6.07, 6.45) is 0. The van der Waals surface area contributed by atoms with Crippen molar-refractivity contribution in [2.75, 3.05) is 18.6 Å². The third-order valence-electron chi connectivity index (χ3n) is 4.34. The Morgan fingerprint density at radius 2 is 1.61 bits per heavy atom. The molecule has 0 aliphatic heterocycles. The highest BCUT2D eigenvalue weighted by Crippen LogP contribution is 2.31. The molecule has 0 unspecified atom stereocenters. The molecule has 0 amide bonds. The summed E-state index contributed by atoms with van der Waals surface area (Å²) in [5.74, 6) is 2.11. The first-order chi connectivity index (χ1) is 13.5. The number of anilines is 2. The van der Waals surface area contributed by atoms with Gasteiger partial charge in [-0.2, -0.15) is 0 Å². The van der Waals surface area contributed by atoms with Gasteiger partial charge < -0.3 is 25.4 Å². The molecule has 3 aromatic carbocycles. The Labute approximate surface area is 160 Å². The maximum absolute atomic E-state index is 12.6. The van der Waals surface area contributed by atoms with Gasteiger partial charge in [-0.15, -0.1) is 0 Å². The van der Waals surface area contributed by atoms with Gasteiger partial charge >= 0.3 is 0 Å². The Kier molecular flexibility index (Phi) is 4.37. The maximum atomic E-state index is 12.6. The lowest BCUT2D eigenvalue weighted by Gasteiger charge is -2.10. The zero-order valence-electron chi connectivity index (χ0n) is 15.1. The average molecular weight is 374 g/mol. The zero-order valence-corrected chi connectivity index (χ0v) is 15.1. The summed E-state index contributed by atoms with van der Waals surface area (Å²) >= 11 is 0. The summed E-state index contributed by atoms with van der Waals surface area (Å²) in [6.45, 7) is 0. The Balaban J connectivity index is 1.71. The van der Waals surface area contributed by atoms with Gasteiger partial charge in [-0.05, 0) is 54.6 Å². The molecule has 4 aromatic rings. The van der Waals surface area contributed by atoms with Crippen molar-refractivity contribution in [1.29, 1.82) is 0 Å². The van der Waals surface area contributed by atoms with Crippen LogP contribution in [0.1, 0.15) is 0 Å². The van der Waals surface area contributed by atoms with E-state index < -0.39 is 0 Å². The van der Waals surface area contributed by atoms with E-state index in [1.807, 2.05) is 24.3 Å². The van der Waals surface area contributed by atoms with E-state index in [2.05, 4.69) is 0 Å². The molecule has 1 heterocycles. The number of methoxy groups -OCH3 is 1. The van der Waals surface area contributed by atoms with Crippen molar-refractivity contribution < 1.29 is 13.9 Å². The Hall–Kier alpha value is -3.93. The number of hydrogen-bond donors (Lipinski definition) is 2. The molecule has 6 heteroatoms. The van der Waals surface area contributed by atoms with E-state index in [0.29, 0.717) is 39.6 Å². The molecule has 0 spiro atoms. The van der Waals surface area contributed by atoms with Crippen LogP contribution in [0.3, 0.4) is 0 Å². The molecular formula is C22H18N2O4. The molecule has 0 atom stereocenters. The SMILES string of the molecule is COc1ccc(-c2cc(=O)c3cc(Oc4cc(N)ccc4N)ccc3o2)cc1. The number of fused-ring (bicyclic) bond motifs is 1. The third kappa shape index (κ3) is 3.35. The van der Waals surface area contributed by atoms with Crippen molar-refractivity contribution in [2.24, 2.45) is 0 Å². The summed E-state index contributed by atoms with van der Waals surface area (Å²) in [4.78, 5) is 12.6. The number of ether oxygens (including phenoxy) is 2. The number of nitrogens with two attached hydrogens (primary N) is 2. The number of rotatable bonds is 4. The second-order valence-corrected chi connectivity index (χ2v) is 6.26. The van der Waals surface area contributed by atoms with E-state index in [-0.39, 0.29) is 5.43 Å². The molecule has 28 heavy (non-hydrogen) atoms. The monoisotopic (exact) mass is 374 g/mol. The average Bonchev–Trinajstić information content (AvgIpc) is 2.71. The van der Waals surface area contributed by atoms with Gasteiger partial charge in [0.2, 0.25) is 0 Å². The van der Waals surface area contributed by atoms with Gasteiger partial charge in [0.05, 0.1) is 18.2 Å². The lowest BCUT2D eigenvalue weighted by Crippen LogP contribution is -2.01. The van der Waals surface area contributed by atoms with E-state index in [4.69, 9.17) is 25.4 Å². The van der Waals surface area contributed by atoms with Crippen LogP contribution in [0, 0.1) is 0 Å². The van der Waals surface area contributed by atoms with Crippen molar-refractivity contribution in [1.82, 2.24) is 0 Å². The van der Waals surface area contributed by atoms with Gasteiger partial charge in [-0.3, -0.25) is 4.79 Å². The highest BCUT2D eigenvalue weighted by Gasteiger charge is 2.10. The number of benzene rings is 3. The van der Waals surface area contributed by atoms with Crippen LogP contribution in [0.2, 0.25) is 0 Å². The molecule has 6 nitrogen and oxygen atoms in total. The second kappa shape index (κ2) is 7.00. The highest BCUT2D eigenvalue weighted by molar-refractivity contribution is 5.80. The van der Waals surface area contributed by atoms with Gasteiger partial charge in [-0.25, -0.2) is 0 Å². The molecule has 0 radical (unpaired) electrons. The Morgan fingerprint density at radius 3 is 2.36 bits per heavy atom. The Morgan fingerprint density at radius 1 is 0.857 bits per heavy atom. The first kappa shape index (κ1) is 17.5. The van der Waals surface area contributed by atoms with Crippen LogP contribution in [-0.4, -0.2) is 7.11 Å². The van der Waals surface area contributed by atoms with Crippen molar-refractivity contribution in [3.8, 4) is 28.6 Å². The first-order valence-corrected chi connectivity index (χ1v) is 8.59. The largest absolute Gasteiger partial charge is 0.497 e. The molecule has 0 bridgehead atoms. The fourth-order valence-electron chi connectivity index (χ4n) is 2.86. The summed E-state index contributed by atoms with van der Waals surface area (Å²) in [5.41, 5.74) is 13.8. The topological polar surface area (TPSA) is 101 Å². The summed E-state index contributed by atoms with van der Waals surface area (Å²) in [7, 11) is 1.60. The lowest BCUT2D eigenvalue weighted by molar-refractivity contribution is 0.415. The lowest BCUT2D eigenvalue weighted by atomic mass is 10.1. The fraction of sp³-hybridized carbons (Fsp3) is 0.0455. The standard InChI is InChI=1S/C22H18N2O4/c1-26-15-5-2-13(3-6-15)21-12-19(25)17-11-16(7-9-20(17)28-21)27-22-10-14(23)4-8-18(22)24/h2-12H,23-24H2,1H3. The van der Waals surface area contributed by atoms with Crippen molar-refractivity contribution in [3.05, 3.63) is 77.0 Å². The minimum atomic E-state index is -0.168. The molecular weight excluding hydrogens is 356 g/mol. The predicted molar refractivity (Wildman–Crippen MR) is 110 cm³/mol. The van der Waals surface area contributed by atoms with Gasteiger partial charge in [0.15, 0.2) is 11.2 Å². The molecule has 0 aliphatic rings. The quantitative estimate of drug-likeness (QED) is 0.513. The van der Waals surface area contributed by atoms with Gasteiger partial charge in [0, 0.05) is 23.4 Å². The van der Waals surface area contributed by atoms with Gasteiger partial charge in [0.1, 0.15) is 22.8 Å². The summed E-state index contributed by atoms with van der Waals surface area (Å²) in [5, 5.41) is 0.414. The number of hydrogen-bond acceptors (Lipinski definition) is 6. The normalized spacial score (nSPS) is 10.8. The Bertz CT molecular complexity index is 1210. The van der Waals surface area contributed by atoms with Crippen molar-refractivity contribution in [3.63, 3.8) is 0 Å². The minimum Gasteiger partial charge on any atom is -0.497 e. The molecule has 1 aromatic heterocycles. The highest BCUT2D eigenvalue weighted by atomic mass is 16.5. The van der Waals surface area contributed by atoms with Crippen LogP contribution < -0.4 is 26.4 Å². The zero-order chi connectivity index (χ0) is 19.7. The molecule has 140 valence electrons. The fourth-order valence-corrected chi connectivity index (χ4v) is 2.86. The van der Waals surface area contributed by atoms with E-state index >= 15 is 0 Å². The van der Waals surface area contributed by atoms with E-state index in [9.17, 15) is 4.79 Å². The molecule has 0 aliphatic carbocycles. The maximum Gasteiger partial charge on any atom is 0.193 e. The van der Waals surface area contributed by atoms with Gasteiger partial charge in [-0.1, -0.05) is 0 Å². The molecule has 4 rings (SSSR count). The van der Waals surface area contributed by atoms with Crippen LogP contribution in [0.5, 0.6) is 17.2 Å². The minimum absolute atomic E-state index is 0.168. The first-order valence-electron chi connectivity index (χ1n) is 8.59. The molecule has 0 saturated carbocycles. The second-order valence-electron chi connectivity index (χ2n) is 6.26. The van der Waals surface area contributed by atoms with Crippen molar-refractivity contribution >= 4 is 22.3 Å². The van der Waals surface area contributed by atoms with Crippen LogP contribution in [0.4, 0.5) is 11.4 Å². The van der Waals surface area contributed by atoms with Crippen LogP contribution in [0.25, 0.3) is 22.3 Å². The smallest absolute Gasteiger partial charge is 0.193 e. The van der Waals surface area contributed by atoms with E-state index in [1.54, 1.807) is 43.5 Å². The predicted octanol–water partition coefficient (Wildman–Crippen LogP) is 4.43. The van der Waals surface area contributed by atoms with E-state index in [1.165, 1.54) is 6.07 Å².